The quantitative estimate of drug-likeness (QED) is 0.898. The monoisotopic (exact) mass is 325 g/mol. The van der Waals surface area contributed by atoms with E-state index in [4.69, 9.17) is 0 Å². The van der Waals surface area contributed by atoms with Crippen LogP contribution in [0.4, 0.5) is 10.5 Å². The number of hydrogen-bond acceptors (Lipinski definition) is 3. The predicted octanol–water partition coefficient (Wildman–Crippen LogP) is 1.47. The van der Waals surface area contributed by atoms with Gasteiger partial charge in [0.25, 0.3) is 0 Å². The van der Waals surface area contributed by atoms with E-state index < -0.39 is 0 Å². The first-order chi connectivity index (χ1) is 11.7. The third-order valence-electron chi connectivity index (χ3n) is 4.97. The third kappa shape index (κ3) is 3.09. The molecule has 0 saturated carbocycles. The van der Waals surface area contributed by atoms with Crippen molar-refractivity contribution < 1.29 is 4.79 Å². The van der Waals surface area contributed by atoms with Gasteiger partial charge in [-0.25, -0.2) is 4.79 Å². The average molecular weight is 325 g/mol. The van der Waals surface area contributed by atoms with Crippen molar-refractivity contribution in [2.75, 3.05) is 18.0 Å². The number of urea groups is 1. The standard InChI is InChI=1S/C18H23N5O/c1-22-12-17(10-19-22)23-7-6-15(11-23)20-18(24)21-16-8-13-4-2-3-5-14(13)9-16/h2-5,10,12,15-16H,6-9,11H2,1H3,(H2,20,21,24). The van der Waals surface area contributed by atoms with Gasteiger partial charge in [-0.1, -0.05) is 24.3 Å². The van der Waals surface area contributed by atoms with Crippen LogP contribution in [0.15, 0.2) is 36.7 Å². The van der Waals surface area contributed by atoms with E-state index in [0.29, 0.717) is 0 Å². The van der Waals surface area contributed by atoms with Crippen LogP contribution in [0.5, 0.6) is 0 Å². The lowest BCUT2D eigenvalue weighted by atomic mass is 10.1. The molecule has 2 amide bonds. The van der Waals surface area contributed by atoms with Gasteiger partial charge in [0.1, 0.15) is 0 Å². The number of aryl methyl sites for hydroxylation is 1. The normalized spacial score (nSPS) is 20.2. The molecular formula is C18H23N5O. The Morgan fingerprint density at radius 2 is 1.88 bits per heavy atom. The molecule has 1 aliphatic heterocycles. The minimum atomic E-state index is -0.0501. The van der Waals surface area contributed by atoms with Crippen molar-refractivity contribution in [1.29, 1.82) is 0 Å². The number of anilines is 1. The Bertz CT molecular complexity index is 716. The van der Waals surface area contributed by atoms with Gasteiger partial charge in [0.05, 0.1) is 11.9 Å². The summed E-state index contributed by atoms with van der Waals surface area (Å²) < 4.78 is 1.81. The summed E-state index contributed by atoms with van der Waals surface area (Å²) in [6.45, 7) is 1.79. The Labute approximate surface area is 141 Å². The molecule has 0 bridgehead atoms. The van der Waals surface area contributed by atoms with E-state index in [1.807, 2.05) is 19.4 Å². The van der Waals surface area contributed by atoms with Crippen LogP contribution in [-0.4, -0.2) is 41.0 Å². The van der Waals surface area contributed by atoms with Crippen molar-refractivity contribution in [2.24, 2.45) is 7.05 Å². The van der Waals surface area contributed by atoms with E-state index in [9.17, 15) is 4.79 Å². The lowest BCUT2D eigenvalue weighted by molar-refractivity contribution is 0.234. The average Bonchev–Trinajstić information content (AvgIpc) is 3.25. The van der Waals surface area contributed by atoms with Crippen molar-refractivity contribution >= 4 is 11.7 Å². The fourth-order valence-corrected chi connectivity index (χ4v) is 3.76. The minimum Gasteiger partial charge on any atom is -0.367 e. The number of aromatic nitrogens is 2. The number of amides is 2. The summed E-state index contributed by atoms with van der Waals surface area (Å²) in [5.41, 5.74) is 3.83. The molecule has 2 N–H and O–H groups in total. The van der Waals surface area contributed by atoms with Gasteiger partial charge < -0.3 is 15.5 Å². The van der Waals surface area contributed by atoms with Crippen LogP contribution in [0.25, 0.3) is 0 Å². The second-order valence-corrected chi connectivity index (χ2v) is 6.80. The Morgan fingerprint density at radius 1 is 1.17 bits per heavy atom. The summed E-state index contributed by atoms with van der Waals surface area (Å²) in [6.07, 6.45) is 6.70. The molecule has 24 heavy (non-hydrogen) atoms. The summed E-state index contributed by atoms with van der Waals surface area (Å²) >= 11 is 0. The van der Waals surface area contributed by atoms with Crippen LogP contribution in [0.2, 0.25) is 0 Å². The van der Waals surface area contributed by atoms with E-state index in [2.05, 4.69) is 44.9 Å². The second kappa shape index (κ2) is 6.19. The van der Waals surface area contributed by atoms with E-state index in [1.165, 1.54) is 11.1 Å². The number of carbonyl (C=O) groups excluding carboxylic acids is 1. The molecule has 4 rings (SSSR count). The van der Waals surface area contributed by atoms with Crippen LogP contribution in [0, 0.1) is 0 Å². The molecule has 1 saturated heterocycles. The van der Waals surface area contributed by atoms with Crippen LogP contribution < -0.4 is 15.5 Å². The molecule has 6 heteroatoms. The molecule has 1 aromatic heterocycles. The fourth-order valence-electron chi connectivity index (χ4n) is 3.76. The highest BCUT2D eigenvalue weighted by Gasteiger charge is 2.27. The van der Waals surface area contributed by atoms with Gasteiger partial charge in [0, 0.05) is 38.4 Å². The number of nitrogens with zero attached hydrogens (tertiary/aromatic N) is 3. The molecule has 2 aliphatic rings. The van der Waals surface area contributed by atoms with Gasteiger partial charge in [-0.2, -0.15) is 5.10 Å². The smallest absolute Gasteiger partial charge is 0.315 e. The van der Waals surface area contributed by atoms with Crippen molar-refractivity contribution in [3.63, 3.8) is 0 Å². The molecule has 2 heterocycles. The van der Waals surface area contributed by atoms with Crippen LogP contribution in [0.3, 0.4) is 0 Å². The van der Waals surface area contributed by atoms with Gasteiger partial charge in [0.2, 0.25) is 0 Å². The maximum absolute atomic E-state index is 12.3. The van der Waals surface area contributed by atoms with Gasteiger partial charge in [-0.15, -0.1) is 0 Å². The Kier molecular flexibility index (Phi) is 3.88. The Balaban J connectivity index is 1.27. The number of hydrogen-bond donors (Lipinski definition) is 2. The number of fused-ring (bicyclic) bond motifs is 1. The first-order valence-electron chi connectivity index (χ1n) is 8.55. The summed E-state index contributed by atoms with van der Waals surface area (Å²) in [6, 6.07) is 8.77. The van der Waals surface area contributed by atoms with Crippen molar-refractivity contribution in [2.45, 2.75) is 31.3 Å². The molecule has 0 radical (unpaired) electrons. The van der Waals surface area contributed by atoms with Gasteiger partial charge in [-0.3, -0.25) is 4.68 Å². The molecule has 2 aromatic rings. The summed E-state index contributed by atoms with van der Waals surface area (Å²) in [4.78, 5) is 14.6. The van der Waals surface area contributed by atoms with Gasteiger partial charge in [-0.05, 0) is 30.4 Å². The van der Waals surface area contributed by atoms with E-state index >= 15 is 0 Å². The molecule has 1 fully saturated rings. The fraction of sp³-hybridized carbons (Fsp3) is 0.444. The van der Waals surface area contributed by atoms with E-state index in [1.54, 1.807) is 4.68 Å². The highest BCUT2D eigenvalue weighted by atomic mass is 16.2. The predicted molar refractivity (Wildman–Crippen MR) is 93.1 cm³/mol. The molecule has 1 aromatic carbocycles. The molecule has 1 aliphatic carbocycles. The van der Waals surface area contributed by atoms with Crippen molar-refractivity contribution in [3.05, 3.63) is 47.8 Å². The van der Waals surface area contributed by atoms with Crippen molar-refractivity contribution in [3.8, 4) is 0 Å². The van der Waals surface area contributed by atoms with E-state index in [0.717, 1.165) is 38.0 Å². The zero-order valence-corrected chi connectivity index (χ0v) is 13.9. The zero-order valence-electron chi connectivity index (χ0n) is 13.9. The first-order valence-corrected chi connectivity index (χ1v) is 8.55. The number of nitrogens with one attached hydrogen (secondary N) is 2. The molecule has 1 atom stereocenters. The molecular weight excluding hydrogens is 302 g/mol. The number of rotatable bonds is 3. The summed E-state index contributed by atoms with van der Waals surface area (Å²) in [5.74, 6) is 0. The van der Waals surface area contributed by atoms with Gasteiger partial charge >= 0.3 is 6.03 Å². The van der Waals surface area contributed by atoms with E-state index in [-0.39, 0.29) is 18.1 Å². The maximum Gasteiger partial charge on any atom is 0.315 e. The molecule has 126 valence electrons. The first kappa shape index (κ1) is 15.1. The lowest BCUT2D eigenvalue weighted by Crippen LogP contribution is -2.47. The second-order valence-electron chi connectivity index (χ2n) is 6.80. The third-order valence-corrected chi connectivity index (χ3v) is 4.97. The highest BCUT2D eigenvalue weighted by molar-refractivity contribution is 5.75. The van der Waals surface area contributed by atoms with Gasteiger partial charge in [0.15, 0.2) is 0 Å². The molecule has 0 spiro atoms. The van der Waals surface area contributed by atoms with Crippen LogP contribution >= 0.6 is 0 Å². The topological polar surface area (TPSA) is 62.2 Å². The van der Waals surface area contributed by atoms with Crippen LogP contribution in [0.1, 0.15) is 17.5 Å². The maximum atomic E-state index is 12.3. The number of benzene rings is 1. The number of carbonyl (C=O) groups is 1. The SMILES string of the molecule is Cn1cc(N2CCC(NC(=O)NC3Cc4ccccc4C3)C2)cn1. The molecule has 6 nitrogen and oxygen atoms in total. The Hall–Kier alpha value is -2.50. The summed E-state index contributed by atoms with van der Waals surface area (Å²) in [5, 5.41) is 10.5. The summed E-state index contributed by atoms with van der Waals surface area (Å²) in [7, 11) is 1.92. The van der Waals surface area contributed by atoms with Crippen molar-refractivity contribution in [1.82, 2.24) is 20.4 Å². The molecule has 1 unspecified atom stereocenters. The highest BCUT2D eigenvalue weighted by Crippen LogP contribution is 2.22. The largest absolute Gasteiger partial charge is 0.367 e. The lowest BCUT2D eigenvalue weighted by Gasteiger charge is -2.18. The minimum absolute atomic E-state index is 0.0501. The zero-order chi connectivity index (χ0) is 16.5. The van der Waals surface area contributed by atoms with Crippen LogP contribution in [-0.2, 0) is 19.9 Å². The Morgan fingerprint density at radius 3 is 2.54 bits per heavy atom.